The van der Waals surface area contributed by atoms with Crippen LogP contribution >= 0.6 is 0 Å². The summed E-state index contributed by atoms with van der Waals surface area (Å²) < 4.78 is 10.6. The highest BCUT2D eigenvalue weighted by Crippen LogP contribution is 2.36. The highest BCUT2D eigenvalue weighted by molar-refractivity contribution is 5.44. The van der Waals surface area contributed by atoms with Crippen molar-refractivity contribution in [3.8, 4) is 11.5 Å². The topological polar surface area (TPSA) is 47.7 Å². The molecule has 1 unspecified atom stereocenters. The van der Waals surface area contributed by atoms with Crippen molar-refractivity contribution in [2.24, 2.45) is 5.73 Å². The van der Waals surface area contributed by atoms with Gasteiger partial charge in [-0.25, -0.2) is 0 Å². The van der Waals surface area contributed by atoms with Crippen LogP contribution in [-0.2, 0) is 0 Å². The van der Waals surface area contributed by atoms with E-state index < -0.39 is 0 Å². The Morgan fingerprint density at radius 2 is 2.06 bits per heavy atom. The second-order valence-corrected chi connectivity index (χ2v) is 4.60. The van der Waals surface area contributed by atoms with Crippen LogP contribution in [0.2, 0.25) is 0 Å². The van der Waals surface area contributed by atoms with Crippen molar-refractivity contribution in [3.63, 3.8) is 0 Å². The van der Waals surface area contributed by atoms with Crippen LogP contribution in [0.4, 0.5) is 0 Å². The summed E-state index contributed by atoms with van der Waals surface area (Å²) in [6.07, 6.45) is 2.43. The summed E-state index contributed by atoms with van der Waals surface area (Å²) in [4.78, 5) is 2.45. The van der Waals surface area contributed by atoms with Crippen LogP contribution in [0.1, 0.15) is 24.4 Å². The van der Waals surface area contributed by atoms with E-state index in [9.17, 15) is 0 Å². The largest absolute Gasteiger partial charge is 0.493 e. The number of hydrogen-bond donors (Lipinski definition) is 1. The average molecular weight is 250 g/mol. The molecule has 18 heavy (non-hydrogen) atoms. The molecule has 1 aromatic carbocycles. The Morgan fingerprint density at radius 1 is 1.28 bits per heavy atom. The van der Waals surface area contributed by atoms with Crippen molar-refractivity contribution in [1.82, 2.24) is 4.90 Å². The van der Waals surface area contributed by atoms with Gasteiger partial charge in [0.25, 0.3) is 0 Å². The maximum atomic E-state index is 5.66. The molecule has 0 aliphatic carbocycles. The Balaban J connectivity index is 2.22. The Hall–Kier alpha value is -1.26. The normalized spacial score (nSPS) is 20.1. The molecule has 4 heteroatoms. The third kappa shape index (κ3) is 2.60. The summed E-state index contributed by atoms with van der Waals surface area (Å²) in [6, 6.07) is 6.65. The summed E-state index contributed by atoms with van der Waals surface area (Å²) in [7, 11) is 3.34. The van der Waals surface area contributed by atoms with Crippen molar-refractivity contribution in [3.05, 3.63) is 23.8 Å². The Kier molecular flexibility index (Phi) is 4.44. The van der Waals surface area contributed by atoms with Gasteiger partial charge >= 0.3 is 0 Å². The number of rotatable bonds is 5. The predicted octanol–water partition coefficient (Wildman–Crippen LogP) is 1.80. The van der Waals surface area contributed by atoms with Crippen molar-refractivity contribution < 1.29 is 9.47 Å². The van der Waals surface area contributed by atoms with Gasteiger partial charge in [-0.3, -0.25) is 4.90 Å². The quantitative estimate of drug-likeness (QED) is 0.865. The second kappa shape index (κ2) is 6.07. The molecule has 1 atom stereocenters. The lowest BCUT2D eigenvalue weighted by Gasteiger charge is -2.24. The molecule has 100 valence electrons. The van der Waals surface area contributed by atoms with Crippen molar-refractivity contribution in [1.29, 1.82) is 0 Å². The molecule has 4 nitrogen and oxygen atoms in total. The number of nitrogens with zero attached hydrogens (tertiary/aromatic N) is 1. The van der Waals surface area contributed by atoms with E-state index >= 15 is 0 Å². The molecule has 2 rings (SSSR count). The van der Waals surface area contributed by atoms with Crippen LogP contribution < -0.4 is 15.2 Å². The van der Waals surface area contributed by atoms with Crippen LogP contribution in [0.15, 0.2) is 18.2 Å². The molecular weight excluding hydrogens is 228 g/mol. The molecule has 1 fully saturated rings. The van der Waals surface area contributed by atoms with Gasteiger partial charge in [-0.05, 0) is 37.1 Å². The first-order valence-electron chi connectivity index (χ1n) is 6.46. The molecule has 1 aliphatic rings. The van der Waals surface area contributed by atoms with Gasteiger partial charge in [-0.1, -0.05) is 6.07 Å². The van der Waals surface area contributed by atoms with Gasteiger partial charge in [-0.15, -0.1) is 0 Å². The first-order chi connectivity index (χ1) is 8.80. The average Bonchev–Trinajstić information content (AvgIpc) is 2.86. The van der Waals surface area contributed by atoms with E-state index in [0.29, 0.717) is 12.6 Å². The van der Waals surface area contributed by atoms with Crippen molar-refractivity contribution >= 4 is 0 Å². The maximum absolute atomic E-state index is 5.66. The molecule has 0 amide bonds. The molecule has 0 spiro atoms. The zero-order chi connectivity index (χ0) is 13.0. The maximum Gasteiger partial charge on any atom is 0.161 e. The lowest BCUT2D eigenvalue weighted by molar-refractivity contribution is 0.263. The molecule has 2 N–H and O–H groups in total. The highest BCUT2D eigenvalue weighted by Gasteiger charge is 2.25. The molecule has 1 saturated heterocycles. The second-order valence-electron chi connectivity index (χ2n) is 4.60. The van der Waals surface area contributed by atoms with Gasteiger partial charge in [0.05, 0.1) is 14.2 Å². The molecular formula is C14H22N2O2. The molecule has 0 saturated carbocycles. The number of benzene rings is 1. The van der Waals surface area contributed by atoms with Crippen LogP contribution in [0, 0.1) is 0 Å². The van der Waals surface area contributed by atoms with E-state index in [4.69, 9.17) is 15.2 Å². The number of ether oxygens (including phenoxy) is 2. The summed E-state index contributed by atoms with van der Waals surface area (Å²) in [5.74, 6) is 1.58. The Morgan fingerprint density at radius 3 is 2.72 bits per heavy atom. The van der Waals surface area contributed by atoms with E-state index in [2.05, 4.69) is 17.0 Å². The summed E-state index contributed by atoms with van der Waals surface area (Å²) in [5.41, 5.74) is 6.95. The highest BCUT2D eigenvalue weighted by atomic mass is 16.5. The molecule has 0 bridgehead atoms. The van der Waals surface area contributed by atoms with Crippen molar-refractivity contribution in [2.45, 2.75) is 18.9 Å². The van der Waals surface area contributed by atoms with Gasteiger partial charge in [0, 0.05) is 19.1 Å². The fourth-order valence-corrected chi connectivity index (χ4v) is 2.70. The van der Waals surface area contributed by atoms with E-state index in [1.54, 1.807) is 14.2 Å². The fourth-order valence-electron chi connectivity index (χ4n) is 2.70. The summed E-state index contributed by atoms with van der Waals surface area (Å²) in [6.45, 7) is 2.80. The third-order valence-corrected chi connectivity index (χ3v) is 3.57. The minimum Gasteiger partial charge on any atom is -0.493 e. The van der Waals surface area contributed by atoms with Crippen LogP contribution in [-0.4, -0.2) is 38.8 Å². The first-order valence-corrected chi connectivity index (χ1v) is 6.46. The Labute approximate surface area is 109 Å². The third-order valence-electron chi connectivity index (χ3n) is 3.57. The summed E-state index contributed by atoms with van der Waals surface area (Å²) in [5, 5.41) is 0. The van der Waals surface area contributed by atoms with Gasteiger partial charge in [0.1, 0.15) is 0 Å². The first kappa shape index (κ1) is 13.2. The summed E-state index contributed by atoms with van der Waals surface area (Å²) >= 11 is 0. The predicted molar refractivity (Wildman–Crippen MR) is 72.1 cm³/mol. The minimum absolute atomic E-state index is 0.466. The molecule has 1 heterocycles. The van der Waals surface area contributed by atoms with Gasteiger partial charge in [0.15, 0.2) is 11.5 Å². The molecule has 1 aliphatic heterocycles. The van der Waals surface area contributed by atoms with Gasteiger partial charge < -0.3 is 15.2 Å². The van der Waals surface area contributed by atoms with Crippen LogP contribution in [0.25, 0.3) is 0 Å². The van der Waals surface area contributed by atoms with Crippen LogP contribution in [0.3, 0.4) is 0 Å². The zero-order valence-corrected chi connectivity index (χ0v) is 11.2. The van der Waals surface area contributed by atoms with E-state index in [1.165, 1.54) is 18.4 Å². The molecule has 1 aromatic rings. The number of likely N-dealkylation sites (tertiary alicyclic amines) is 1. The minimum atomic E-state index is 0.466. The standard InChI is InChI=1S/C14H22N2O2/c1-17-13-6-5-11(10-14(13)18-2)12-4-3-8-16(12)9-7-15/h5-6,10,12H,3-4,7-9,15H2,1-2H3. The Bertz CT molecular complexity index is 395. The van der Waals surface area contributed by atoms with Crippen molar-refractivity contribution in [2.75, 3.05) is 33.9 Å². The monoisotopic (exact) mass is 250 g/mol. The number of hydrogen-bond acceptors (Lipinski definition) is 4. The van der Waals surface area contributed by atoms with Gasteiger partial charge in [0.2, 0.25) is 0 Å². The fraction of sp³-hybridized carbons (Fsp3) is 0.571. The SMILES string of the molecule is COc1ccc(C2CCCN2CCN)cc1OC. The van der Waals surface area contributed by atoms with Crippen LogP contribution in [0.5, 0.6) is 11.5 Å². The van der Waals surface area contributed by atoms with E-state index in [1.807, 2.05) is 6.07 Å². The lowest BCUT2D eigenvalue weighted by Crippen LogP contribution is -2.29. The van der Waals surface area contributed by atoms with E-state index in [0.717, 1.165) is 24.6 Å². The smallest absolute Gasteiger partial charge is 0.161 e. The molecule has 0 radical (unpaired) electrons. The van der Waals surface area contributed by atoms with Gasteiger partial charge in [-0.2, -0.15) is 0 Å². The lowest BCUT2D eigenvalue weighted by atomic mass is 10.0. The number of nitrogens with two attached hydrogens (primary N) is 1. The number of methoxy groups -OCH3 is 2. The molecule has 0 aromatic heterocycles. The zero-order valence-electron chi connectivity index (χ0n) is 11.2. The van der Waals surface area contributed by atoms with E-state index in [-0.39, 0.29) is 0 Å².